The van der Waals surface area contributed by atoms with Crippen LogP contribution >= 0.6 is 0 Å². The summed E-state index contributed by atoms with van der Waals surface area (Å²) in [4.78, 5) is 24.0. The molecule has 3 aromatic rings. The minimum Gasteiger partial charge on any atom is -0.489 e. The molecule has 0 atom stereocenters. The number of nitrogens with one attached hydrogen (secondary N) is 1. The van der Waals surface area contributed by atoms with E-state index < -0.39 is 0 Å². The number of esters is 1. The van der Waals surface area contributed by atoms with Gasteiger partial charge >= 0.3 is 5.97 Å². The molecule has 158 valence electrons. The molecular formula is C26H25NO4. The Morgan fingerprint density at radius 3 is 2.29 bits per heavy atom. The SMILES string of the molecule is CCCOC(=O)c1ccc(NC(=O)C=Cc2ccc(OCc3ccccc3)cc2)cc1. The van der Waals surface area contributed by atoms with Crippen molar-refractivity contribution in [2.45, 2.75) is 20.0 Å². The van der Waals surface area contributed by atoms with Gasteiger partial charge in [-0.25, -0.2) is 4.79 Å². The second-order valence-corrected chi connectivity index (χ2v) is 6.88. The highest BCUT2D eigenvalue weighted by molar-refractivity contribution is 6.02. The molecule has 0 fully saturated rings. The van der Waals surface area contributed by atoms with Crippen molar-refractivity contribution in [1.29, 1.82) is 0 Å². The monoisotopic (exact) mass is 415 g/mol. The first-order chi connectivity index (χ1) is 15.1. The Hall–Kier alpha value is -3.86. The topological polar surface area (TPSA) is 64.6 Å². The van der Waals surface area contributed by atoms with E-state index in [0.717, 1.165) is 23.3 Å². The number of ether oxygens (including phenoxy) is 2. The summed E-state index contributed by atoms with van der Waals surface area (Å²) >= 11 is 0. The fourth-order valence-corrected chi connectivity index (χ4v) is 2.74. The third kappa shape index (κ3) is 7.16. The molecule has 1 amide bonds. The molecular weight excluding hydrogens is 390 g/mol. The standard InChI is InChI=1S/C26H25NO4/c1-2-18-30-26(29)22-11-13-23(14-12-22)27-25(28)17-10-20-8-15-24(16-9-20)31-19-21-6-4-3-5-7-21/h3-17H,2,18-19H2,1H3,(H,27,28). The quantitative estimate of drug-likeness (QED) is 0.371. The van der Waals surface area contributed by atoms with Gasteiger partial charge in [-0.3, -0.25) is 4.79 Å². The van der Waals surface area contributed by atoms with Gasteiger partial charge in [0.25, 0.3) is 0 Å². The predicted molar refractivity (Wildman–Crippen MR) is 122 cm³/mol. The lowest BCUT2D eigenvalue weighted by Gasteiger charge is -2.06. The summed E-state index contributed by atoms with van der Waals surface area (Å²) in [6, 6.07) is 24.1. The zero-order chi connectivity index (χ0) is 21.9. The Balaban J connectivity index is 1.48. The zero-order valence-corrected chi connectivity index (χ0v) is 17.4. The number of carbonyl (C=O) groups excluding carboxylic acids is 2. The molecule has 0 radical (unpaired) electrons. The van der Waals surface area contributed by atoms with Crippen molar-refractivity contribution < 1.29 is 19.1 Å². The van der Waals surface area contributed by atoms with Crippen LogP contribution in [0.4, 0.5) is 5.69 Å². The lowest BCUT2D eigenvalue weighted by molar-refractivity contribution is -0.111. The van der Waals surface area contributed by atoms with Gasteiger partial charge in [-0.1, -0.05) is 49.4 Å². The van der Waals surface area contributed by atoms with Crippen molar-refractivity contribution in [3.8, 4) is 5.75 Å². The van der Waals surface area contributed by atoms with Gasteiger partial charge in [0.15, 0.2) is 0 Å². The van der Waals surface area contributed by atoms with Crippen molar-refractivity contribution in [1.82, 2.24) is 0 Å². The molecule has 0 aliphatic heterocycles. The summed E-state index contributed by atoms with van der Waals surface area (Å²) in [5, 5.41) is 2.77. The van der Waals surface area contributed by atoms with Gasteiger partial charge in [0.2, 0.25) is 5.91 Å². The van der Waals surface area contributed by atoms with E-state index in [1.807, 2.05) is 61.5 Å². The maximum atomic E-state index is 12.2. The molecule has 31 heavy (non-hydrogen) atoms. The highest BCUT2D eigenvalue weighted by Crippen LogP contribution is 2.16. The van der Waals surface area contributed by atoms with Crippen LogP contribution in [-0.2, 0) is 16.1 Å². The number of hydrogen-bond acceptors (Lipinski definition) is 4. The number of amides is 1. The number of benzene rings is 3. The van der Waals surface area contributed by atoms with Gasteiger partial charge < -0.3 is 14.8 Å². The number of hydrogen-bond donors (Lipinski definition) is 1. The molecule has 0 heterocycles. The van der Waals surface area contributed by atoms with Crippen LogP contribution < -0.4 is 10.1 Å². The molecule has 0 saturated heterocycles. The van der Waals surface area contributed by atoms with Crippen LogP contribution in [-0.4, -0.2) is 18.5 Å². The van der Waals surface area contributed by atoms with Crippen LogP contribution in [0.25, 0.3) is 6.08 Å². The third-order valence-electron chi connectivity index (χ3n) is 4.38. The van der Waals surface area contributed by atoms with Gasteiger partial charge in [0.1, 0.15) is 12.4 Å². The lowest BCUT2D eigenvalue weighted by Crippen LogP contribution is -2.09. The van der Waals surface area contributed by atoms with Gasteiger partial charge in [-0.15, -0.1) is 0 Å². The van der Waals surface area contributed by atoms with E-state index >= 15 is 0 Å². The molecule has 5 heteroatoms. The molecule has 0 spiro atoms. The van der Waals surface area contributed by atoms with Gasteiger partial charge in [-0.05, 0) is 60.0 Å². The molecule has 3 rings (SSSR count). The molecule has 5 nitrogen and oxygen atoms in total. The molecule has 0 aliphatic carbocycles. The third-order valence-corrected chi connectivity index (χ3v) is 4.38. The van der Waals surface area contributed by atoms with E-state index in [1.54, 1.807) is 30.3 Å². The van der Waals surface area contributed by atoms with Crippen molar-refractivity contribution >= 4 is 23.6 Å². The molecule has 3 aromatic carbocycles. The second-order valence-electron chi connectivity index (χ2n) is 6.88. The minimum absolute atomic E-state index is 0.259. The van der Waals surface area contributed by atoms with Crippen molar-refractivity contribution in [2.75, 3.05) is 11.9 Å². The summed E-state index contributed by atoms with van der Waals surface area (Å²) in [5.41, 5.74) is 3.05. The van der Waals surface area contributed by atoms with E-state index in [-0.39, 0.29) is 11.9 Å². The van der Waals surface area contributed by atoms with E-state index in [2.05, 4.69) is 5.32 Å². The summed E-state index contributed by atoms with van der Waals surface area (Å²) in [6.07, 6.45) is 3.96. The molecule has 0 aromatic heterocycles. The van der Waals surface area contributed by atoms with Crippen LogP contribution in [0.2, 0.25) is 0 Å². The van der Waals surface area contributed by atoms with Crippen LogP contribution in [0, 0.1) is 0 Å². The van der Waals surface area contributed by atoms with Crippen molar-refractivity contribution in [3.05, 3.63) is 102 Å². The summed E-state index contributed by atoms with van der Waals surface area (Å²) in [7, 11) is 0. The summed E-state index contributed by atoms with van der Waals surface area (Å²) in [6.45, 7) is 2.84. The van der Waals surface area contributed by atoms with Crippen molar-refractivity contribution in [3.63, 3.8) is 0 Å². The maximum absolute atomic E-state index is 12.2. The van der Waals surface area contributed by atoms with E-state index in [9.17, 15) is 9.59 Å². The number of carbonyl (C=O) groups is 2. The number of anilines is 1. The van der Waals surface area contributed by atoms with Gasteiger partial charge in [-0.2, -0.15) is 0 Å². The summed E-state index contributed by atoms with van der Waals surface area (Å²) < 4.78 is 10.8. The average molecular weight is 415 g/mol. The number of rotatable bonds is 9. The Kier molecular flexibility index (Phi) is 8.00. The smallest absolute Gasteiger partial charge is 0.338 e. The largest absolute Gasteiger partial charge is 0.489 e. The Morgan fingerprint density at radius 1 is 0.903 bits per heavy atom. The average Bonchev–Trinajstić information content (AvgIpc) is 2.81. The minimum atomic E-state index is -0.365. The first kappa shape index (κ1) is 21.8. The zero-order valence-electron chi connectivity index (χ0n) is 17.4. The first-order valence-electron chi connectivity index (χ1n) is 10.2. The molecule has 0 aliphatic rings. The van der Waals surface area contributed by atoms with Crippen LogP contribution in [0.5, 0.6) is 5.75 Å². The van der Waals surface area contributed by atoms with E-state index in [1.165, 1.54) is 6.08 Å². The Bertz CT molecular complexity index is 1010. The molecule has 0 saturated carbocycles. The normalized spacial score (nSPS) is 10.6. The van der Waals surface area contributed by atoms with E-state index in [0.29, 0.717) is 24.5 Å². The van der Waals surface area contributed by atoms with Gasteiger partial charge in [0.05, 0.1) is 12.2 Å². The van der Waals surface area contributed by atoms with Crippen molar-refractivity contribution in [2.24, 2.45) is 0 Å². The molecule has 1 N–H and O–H groups in total. The Labute approximate surface area is 182 Å². The fraction of sp³-hybridized carbons (Fsp3) is 0.154. The highest BCUT2D eigenvalue weighted by atomic mass is 16.5. The lowest BCUT2D eigenvalue weighted by atomic mass is 10.2. The summed E-state index contributed by atoms with van der Waals surface area (Å²) in [5.74, 6) is 0.143. The van der Waals surface area contributed by atoms with E-state index in [4.69, 9.17) is 9.47 Å². The van der Waals surface area contributed by atoms with Crippen LogP contribution in [0.3, 0.4) is 0 Å². The predicted octanol–water partition coefficient (Wildman–Crippen LogP) is 5.48. The fourth-order valence-electron chi connectivity index (χ4n) is 2.74. The van der Waals surface area contributed by atoms with Crippen LogP contribution in [0.15, 0.2) is 84.9 Å². The Morgan fingerprint density at radius 2 is 1.61 bits per heavy atom. The first-order valence-corrected chi connectivity index (χ1v) is 10.2. The molecule has 0 bridgehead atoms. The van der Waals surface area contributed by atoms with Gasteiger partial charge in [0, 0.05) is 11.8 Å². The highest BCUT2D eigenvalue weighted by Gasteiger charge is 2.06. The maximum Gasteiger partial charge on any atom is 0.338 e. The molecule has 0 unspecified atom stereocenters. The second kappa shape index (κ2) is 11.4. The van der Waals surface area contributed by atoms with Crippen LogP contribution in [0.1, 0.15) is 34.8 Å².